The van der Waals surface area contributed by atoms with Gasteiger partial charge in [-0.1, -0.05) is 36.4 Å². The van der Waals surface area contributed by atoms with Gasteiger partial charge in [0.05, 0.1) is 11.0 Å². The van der Waals surface area contributed by atoms with Gasteiger partial charge in [-0.3, -0.25) is 14.9 Å². The van der Waals surface area contributed by atoms with E-state index < -0.39 is 15.0 Å². The standard InChI is InChI=1S/C23H23N3O6S/c1-25(2)22(17-7-4-3-5-8-17)16-24-23(27)18-11-13-20(14-12-18)32-33(30,31)21-10-6-9-19(15-21)26(28)29/h3-15,22H,16H2,1-2H3,(H,24,27). The van der Waals surface area contributed by atoms with Gasteiger partial charge in [-0.25, -0.2) is 0 Å². The Morgan fingerprint density at radius 3 is 2.30 bits per heavy atom. The fraction of sp³-hybridized carbons (Fsp3) is 0.174. The van der Waals surface area contributed by atoms with Crippen molar-refractivity contribution in [1.29, 1.82) is 0 Å². The van der Waals surface area contributed by atoms with Gasteiger partial charge in [0.1, 0.15) is 10.6 Å². The van der Waals surface area contributed by atoms with Gasteiger partial charge >= 0.3 is 10.1 Å². The highest BCUT2D eigenvalue weighted by atomic mass is 32.2. The summed E-state index contributed by atoms with van der Waals surface area (Å²) in [5, 5.41) is 13.8. The molecule has 3 aromatic carbocycles. The molecule has 0 radical (unpaired) electrons. The molecule has 3 rings (SSSR count). The normalized spacial score (nSPS) is 12.2. The number of nitro benzene ring substituents is 1. The van der Waals surface area contributed by atoms with Crippen LogP contribution in [0.4, 0.5) is 5.69 Å². The molecule has 1 N–H and O–H groups in total. The Morgan fingerprint density at radius 2 is 1.70 bits per heavy atom. The third kappa shape index (κ3) is 6.15. The van der Waals surface area contributed by atoms with E-state index in [0.717, 1.165) is 11.6 Å². The molecule has 9 nitrogen and oxygen atoms in total. The van der Waals surface area contributed by atoms with Crippen molar-refractivity contribution in [2.24, 2.45) is 0 Å². The van der Waals surface area contributed by atoms with Crippen molar-refractivity contribution in [3.05, 3.63) is 100 Å². The van der Waals surface area contributed by atoms with Crippen LogP contribution in [-0.4, -0.2) is 44.8 Å². The van der Waals surface area contributed by atoms with Crippen LogP contribution in [0.2, 0.25) is 0 Å². The zero-order valence-electron chi connectivity index (χ0n) is 18.0. The van der Waals surface area contributed by atoms with Crippen LogP contribution in [0.3, 0.4) is 0 Å². The van der Waals surface area contributed by atoms with Crippen molar-refractivity contribution in [1.82, 2.24) is 10.2 Å². The van der Waals surface area contributed by atoms with Gasteiger partial charge in [-0.05, 0) is 50.0 Å². The molecule has 0 aliphatic heterocycles. The number of carbonyl (C=O) groups is 1. The summed E-state index contributed by atoms with van der Waals surface area (Å²) < 4.78 is 29.9. The molecule has 0 heterocycles. The molecule has 33 heavy (non-hydrogen) atoms. The largest absolute Gasteiger partial charge is 0.379 e. The number of nitro groups is 1. The van der Waals surface area contributed by atoms with E-state index in [1.165, 1.54) is 42.5 Å². The van der Waals surface area contributed by atoms with Gasteiger partial charge in [0.25, 0.3) is 11.6 Å². The molecule has 10 heteroatoms. The van der Waals surface area contributed by atoms with Gasteiger partial charge in [0.15, 0.2) is 0 Å². The van der Waals surface area contributed by atoms with Crippen LogP contribution in [0.15, 0.2) is 83.8 Å². The van der Waals surface area contributed by atoms with E-state index in [2.05, 4.69) is 5.32 Å². The number of nitrogens with one attached hydrogen (secondary N) is 1. The molecule has 0 saturated carbocycles. The summed E-state index contributed by atoms with van der Waals surface area (Å²) in [6.45, 7) is 0.384. The molecular formula is C23H23N3O6S. The fourth-order valence-corrected chi connectivity index (χ4v) is 4.13. The smallest absolute Gasteiger partial charge is 0.339 e. The van der Waals surface area contributed by atoms with Crippen LogP contribution < -0.4 is 9.50 Å². The minimum Gasteiger partial charge on any atom is -0.379 e. The molecule has 0 aliphatic carbocycles. The summed E-state index contributed by atoms with van der Waals surface area (Å²) in [6.07, 6.45) is 0. The average molecular weight is 470 g/mol. The van der Waals surface area contributed by atoms with E-state index in [0.29, 0.717) is 12.1 Å². The monoisotopic (exact) mass is 469 g/mol. The maximum Gasteiger partial charge on any atom is 0.339 e. The molecule has 0 spiro atoms. The number of carbonyl (C=O) groups excluding carboxylic acids is 1. The quantitative estimate of drug-likeness (QED) is 0.290. The van der Waals surface area contributed by atoms with E-state index in [-0.39, 0.29) is 28.3 Å². The SMILES string of the molecule is CN(C)C(CNC(=O)c1ccc(OS(=O)(=O)c2cccc([N+](=O)[O-])c2)cc1)c1ccccc1. The van der Waals surface area contributed by atoms with Crippen molar-refractivity contribution in [2.45, 2.75) is 10.9 Å². The van der Waals surface area contributed by atoms with Crippen molar-refractivity contribution in [2.75, 3.05) is 20.6 Å². The summed E-state index contributed by atoms with van der Waals surface area (Å²) in [6, 6.07) is 19.9. The van der Waals surface area contributed by atoms with Crippen LogP contribution in [-0.2, 0) is 10.1 Å². The molecule has 172 valence electrons. The molecule has 3 aromatic rings. The second-order valence-electron chi connectivity index (χ2n) is 7.42. The highest BCUT2D eigenvalue weighted by Gasteiger charge is 2.20. The molecule has 0 aromatic heterocycles. The lowest BCUT2D eigenvalue weighted by atomic mass is 10.1. The summed E-state index contributed by atoms with van der Waals surface area (Å²) in [4.78, 5) is 24.4. The topological polar surface area (TPSA) is 119 Å². The third-order valence-corrected chi connectivity index (χ3v) is 6.15. The molecule has 0 aliphatic rings. The first kappa shape index (κ1) is 23.9. The first-order valence-corrected chi connectivity index (χ1v) is 11.4. The molecule has 1 unspecified atom stereocenters. The Labute approximate surface area is 191 Å². The summed E-state index contributed by atoms with van der Waals surface area (Å²) in [5.41, 5.74) is 1.04. The van der Waals surface area contributed by atoms with Crippen molar-refractivity contribution in [3.8, 4) is 5.75 Å². The molecule has 1 atom stereocenters. The van der Waals surface area contributed by atoms with Crippen LogP contribution in [0.5, 0.6) is 5.75 Å². The summed E-state index contributed by atoms with van der Waals surface area (Å²) in [5.74, 6) is -0.334. The fourth-order valence-electron chi connectivity index (χ4n) is 3.15. The molecule has 1 amide bonds. The molecule has 0 fully saturated rings. The van der Waals surface area contributed by atoms with Crippen molar-refractivity contribution in [3.63, 3.8) is 0 Å². The first-order chi connectivity index (χ1) is 15.7. The van der Waals surface area contributed by atoms with E-state index in [1.807, 2.05) is 49.3 Å². The lowest BCUT2D eigenvalue weighted by Crippen LogP contribution is -2.34. The van der Waals surface area contributed by atoms with Crippen LogP contribution in [0.25, 0.3) is 0 Å². The maximum atomic E-state index is 12.6. The molecule has 0 bridgehead atoms. The second-order valence-corrected chi connectivity index (χ2v) is 8.96. The number of hydrogen-bond donors (Lipinski definition) is 1. The number of rotatable bonds is 9. The second kappa shape index (κ2) is 10.2. The number of non-ortho nitro benzene ring substituents is 1. The highest BCUT2D eigenvalue weighted by Crippen LogP contribution is 2.23. The van der Waals surface area contributed by atoms with E-state index in [1.54, 1.807) is 0 Å². The summed E-state index contributed by atoms with van der Waals surface area (Å²) >= 11 is 0. The number of hydrogen-bond acceptors (Lipinski definition) is 7. The lowest BCUT2D eigenvalue weighted by Gasteiger charge is -2.25. The first-order valence-electron chi connectivity index (χ1n) is 9.96. The summed E-state index contributed by atoms with van der Waals surface area (Å²) in [7, 11) is -0.418. The molecule has 0 saturated heterocycles. The number of likely N-dealkylation sites (N-methyl/N-ethyl adjacent to an activating group) is 1. The van der Waals surface area contributed by atoms with Gasteiger partial charge in [0.2, 0.25) is 0 Å². The minimum absolute atomic E-state index is 0.0159. The Hall–Kier alpha value is -3.76. The number of amides is 1. The predicted octanol–water partition coefficient (Wildman–Crippen LogP) is 3.40. The van der Waals surface area contributed by atoms with Gasteiger partial charge in [-0.15, -0.1) is 0 Å². The Balaban J connectivity index is 1.66. The minimum atomic E-state index is -4.27. The molecular weight excluding hydrogens is 446 g/mol. The van der Waals surface area contributed by atoms with Gasteiger partial charge < -0.3 is 14.4 Å². The Morgan fingerprint density at radius 1 is 1.03 bits per heavy atom. The number of nitrogens with zero attached hydrogens (tertiary/aromatic N) is 2. The lowest BCUT2D eigenvalue weighted by molar-refractivity contribution is -0.385. The van der Waals surface area contributed by atoms with Crippen LogP contribution >= 0.6 is 0 Å². The van der Waals surface area contributed by atoms with Crippen molar-refractivity contribution < 1.29 is 22.3 Å². The van der Waals surface area contributed by atoms with Crippen LogP contribution in [0, 0.1) is 10.1 Å². The Bertz CT molecular complexity index is 1230. The van der Waals surface area contributed by atoms with E-state index in [4.69, 9.17) is 4.18 Å². The van der Waals surface area contributed by atoms with Gasteiger partial charge in [0, 0.05) is 24.2 Å². The van der Waals surface area contributed by atoms with Crippen LogP contribution in [0.1, 0.15) is 22.0 Å². The highest BCUT2D eigenvalue weighted by molar-refractivity contribution is 7.87. The Kier molecular flexibility index (Phi) is 7.41. The zero-order chi connectivity index (χ0) is 24.0. The van der Waals surface area contributed by atoms with Gasteiger partial charge in [-0.2, -0.15) is 8.42 Å². The average Bonchev–Trinajstić information content (AvgIpc) is 2.80. The van der Waals surface area contributed by atoms with Crippen molar-refractivity contribution >= 4 is 21.7 Å². The number of benzene rings is 3. The predicted molar refractivity (Wildman–Crippen MR) is 123 cm³/mol. The maximum absolute atomic E-state index is 12.6. The van der Waals surface area contributed by atoms with E-state index in [9.17, 15) is 23.3 Å². The third-order valence-electron chi connectivity index (χ3n) is 4.90. The zero-order valence-corrected chi connectivity index (χ0v) is 18.9. The van der Waals surface area contributed by atoms with E-state index >= 15 is 0 Å².